The Kier molecular flexibility index (Phi) is 4.33. The van der Waals surface area contributed by atoms with Gasteiger partial charge in [0.1, 0.15) is 16.7 Å². The van der Waals surface area contributed by atoms with Crippen molar-refractivity contribution in [2.45, 2.75) is 22.8 Å². The van der Waals surface area contributed by atoms with Crippen LogP contribution >= 0.6 is 40.3 Å². The van der Waals surface area contributed by atoms with Crippen molar-refractivity contribution in [3.8, 4) is 0 Å². The van der Waals surface area contributed by atoms with Crippen molar-refractivity contribution in [1.82, 2.24) is 19.9 Å². The number of nitrogen functional groups attached to an aromatic ring is 1. The van der Waals surface area contributed by atoms with E-state index in [-0.39, 0.29) is 5.92 Å². The standard InChI is InChI=1S/C14H14BrN5S2/c1-6(13-19-12(16)11(21)14(20-13)22-2)9-3-7-8(15)4-17-10(7)5-18-9/h3-6,17,21H,1-2H3,(H2,16,19,20). The van der Waals surface area contributed by atoms with Gasteiger partial charge in [0.2, 0.25) is 0 Å². The summed E-state index contributed by atoms with van der Waals surface area (Å²) in [6.07, 6.45) is 5.66. The number of nitrogens with one attached hydrogen (secondary N) is 1. The number of nitrogens with zero attached hydrogens (tertiary/aromatic N) is 3. The highest BCUT2D eigenvalue weighted by atomic mass is 79.9. The lowest BCUT2D eigenvalue weighted by Gasteiger charge is -2.13. The lowest BCUT2D eigenvalue weighted by molar-refractivity contribution is 0.756. The third kappa shape index (κ3) is 2.70. The summed E-state index contributed by atoms with van der Waals surface area (Å²) in [7, 11) is 0. The Morgan fingerprint density at radius 2 is 2.18 bits per heavy atom. The van der Waals surface area contributed by atoms with Crippen LogP contribution in [-0.4, -0.2) is 26.2 Å². The van der Waals surface area contributed by atoms with Gasteiger partial charge in [0.05, 0.1) is 28.2 Å². The third-order valence-corrected chi connectivity index (χ3v) is 5.39. The Balaban J connectivity index is 2.06. The van der Waals surface area contributed by atoms with Gasteiger partial charge in [0.15, 0.2) is 0 Å². The van der Waals surface area contributed by atoms with Gasteiger partial charge in [-0.15, -0.1) is 24.4 Å². The van der Waals surface area contributed by atoms with Crippen LogP contribution in [0.5, 0.6) is 0 Å². The Morgan fingerprint density at radius 3 is 2.91 bits per heavy atom. The number of rotatable bonds is 3. The van der Waals surface area contributed by atoms with E-state index in [9.17, 15) is 0 Å². The quantitative estimate of drug-likeness (QED) is 0.356. The predicted octanol–water partition coefficient (Wildman–Crippen LogP) is 3.86. The number of pyridine rings is 1. The second-order valence-electron chi connectivity index (χ2n) is 4.84. The number of thioether (sulfide) groups is 1. The van der Waals surface area contributed by atoms with Crippen molar-refractivity contribution in [3.05, 3.63) is 34.5 Å². The molecule has 0 aliphatic rings. The molecule has 0 saturated carbocycles. The van der Waals surface area contributed by atoms with E-state index in [0.717, 1.165) is 26.1 Å². The van der Waals surface area contributed by atoms with Crippen LogP contribution in [0.4, 0.5) is 5.82 Å². The molecule has 3 aromatic heterocycles. The average molecular weight is 396 g/mol. The number of H-pyrrole nitrogens is 1. The molecule has 0 aliphatic heterocycles. The monoisotopic (exact) mass is 395 g/mol. The summed E-state index contributed by atoms with van der Waals surface area (Å²) in [6, 6.07) is 2.04. The SMILES string of the molecule is CSc1nc(C(C)c2cc3c(Br)c[nH]c3cn2)nc(N)c1S. The van der Waals surface area contributed by atoms with Crippen LogP contribution in [0.2, 0.25) is 0 Å². The van der Waals surface area contributed by atoms with E-state index in [1.165, 1.54) is 11.8 Å². The van der Waals surface area contributed by atoms with Gasteiger partial charge in [0, 0.05) is 16.1 Å². The number of fused-ring (bicyclic) bond motifs is 1. The molecule has 3 heterocycles. The summed E-state index contributed by atoms with van der Waals surface area (Å²) < 4.78 is 1.01. The highest BCUT2D eigenvalue weighted by Gasteiger charge is 2.18. The number of anilines is 1. The van der Waals surface area contributed by atoms with Gasteiger partial charge in [0.25, 0.3) is 0 Å². The number of halogens is 1. The maximum absolute atomic E-state index is 5.94. The van der Waals surface area contributed by atoms with Gasteiger partial charge in [-0.2, -0.15) is 0 Å². The maximum atomic E-state index is 5.94. The predicted molar refractivity (Wildman–Crippen MR) is 96.8 cm³/mol. The molecule has 0 radical (unpaired) electrons. The highest BCUT2D eigenvalue weighted by molar-refractivity contribution is 9.10. The maximum Gasteiger partial charge on any atom is 0.141 e. The van der Waals surface area contributed by atoms with Gasteiger partial charge in [-0.25, -0.2) is 9.97 Å². The molecule has 0 saturated heterocycles. The number of aromatic nitrogens is 4. The fourth-order valence-corrected chi connectivity index (χ4v) is 3.48. The fraction of sp³-hybridized carbons (Fsp3) is 0.214. The van der Waals surface area contributed by atoms with Crippen LogP contribution in [0.3, 0.4) is 0 Å². The smallest absolute Gasteiger partial charge is 0.141 e. The molecular formula is C14H14BrN5S2. The topological polar surface area (TPSA) is 80.5 Å². The largest absolute Gasteiger partial charge is 0.383 e. The molecule has 114 valence electrons. The molecular weight excluding hydrogens is 382 g/mol. The second-order valence-corrected chi connectivity index (χ2v) is 6.93. The van der Waals surface area contributed by atoms with Crippen LogP contribution in [0.1, 0.15) is 24.4 Å². The molecule has 3 rings (SSSR count). The summed E-state index contributed by atoms with van der Waals surface area (Å²) in [5, 5.41) is 1.86. The highest BCUT2D eigenvalue weighted by Crippen LogP contribution is 2.31. The van der Waals surface area contributed by atoms with E-state index in [4.69, 9.17) is 5.73 Å². The molecule has 1 unspecified atom stereocenters. The van der Waals surface area contributed by atoms with Crippen LogP contribution in [0, 0.1) is 0 Å². The number of thiol groups is 1. The summed E-state index contributed by atoms with van der Waals surface area (Å²) in [4.78, 5) is 17.2. The number of aromatic amines is 1. The van der Waals surface area contributed by atoms with Gasteiger partial charge in [-0.1, -0.05) is 0 Å². The average Bonchev–Trinajstić information content (AvgIpc) is 2.90. The van der Waals surface area contributed by atoms with Crippen LogP contribution < -0.4 is 5.73 Å². The summed E-state index contributed by atoms with van der Waals surface area (Å²) in [6.45, 7) is 2.02. The minimum Gasteiger partial charge on any atom is -0.383 e. The lowest BCUT2D eigenvalue weighted by Crippen LogP contribution is -2.08. The minimum atomic E-state index is -0.0617. The molecule has 0 fully saturated rings. The van der Waals surface area contributed by atoms with E-state index in [0.29, 0.717) is 16.5 Å². The molecule has 0 aliphatic carbocycles. The summed E-state index contributed by atoms with van der Waals surface area (Å²) in [5.74, 6) is 0.986. The zero-order valence-corrected chi connectivity index (χ0v) is 15.3. The molecule has 3 N–H and O–H groups in total. The molecule has 0 amide bonds. The number of hydrogen-bond acceptors (Lipinski definition) is 6. The Hall–Kier alpha value is -1.25. The van der Waals surface area contributed by atoms with Crippen molar-refractivity contribution in [3.63, 3.8) is 0 Å². The van der Waals surface area contributed by atoms with Crippen LogP contribution in [0.25, 0.3) is 10.9 Å². The van der Waals surface area contributed by atoms with E-state index >= 15 is 0 Å². The minimum absolute atomic E-state index is 0.0617. The zero-order valence-electron chi connectivity index (χ0n) is 12.0. The molecule has 0 bridgehead atoms. The Morgan fingerprint density at radius 1 is 1.41 bits per heavy atom. The van der Waals surface area contributed by atoms with Gasteiger partial charge < -0.3 is 10.7 Å². The zero-order chi connectivity index (χ0) is 15.9. The Bertz CT molecular complexity index is 849. The normalized spacial score (nSPS) is 12.7. The molecule has 8 heteroatoms. The van der Waals surface area contributed by atoms with Crippen molar-refractivity contribution < 1.29 is 0 Å². The summed E-state index contributed by atoms with van der Waals surface area (Å²) >= 11 is 9.38. The molecule has 1 atom stereocenters. The van der Waals surface area contributed by atoms with Gasteiger partial charge in [-0.3, -0.25) is 4.98 Å². The lowest BCUT2D eigenvalue weighted by atomic mass is 10.1. The van der Waals surface area contributed by atoms with E-state index < -0.39 is 0 Å². The van der Waals surface area contributed by atoms with Crippen LogP contribution in [-0.2, 0) is 0 Å². The molecule has 22 heavy (non-hydrogen) atoms. The molecule has 5 nitrogen and oxygen atoms in total. The first-order valence-corrected chi connectivity index (χ1v) is 9.00. The van der Waals surface area contributed by atoms with Crippen molar-refractivity contribution in [2.75, 3.05) is 12.0 Å². The first-order valence-electron chi connectivity index (χ1n) is 6.54. The van der Waals surface area contributed by atoms with Gasteiger partial charge in [-0.05, 0) is 35.2 Å². The molecule has 0 aromatic carbocycles. The van der Waals surface area contributed by atoms with Crippen LogP contribution in [0.15, 0.2) is 32.9 Å². The number of hydrogen-bond donors (Lipinski definition) is 3. The van der Waals surface area contributed by atoms with Crippen molar-refractivity contribution in [2.24, 2.45) is 0 Å². The molecule has 3 aromatic rings. The second kappa shape index (κ2) is 6.10. The molecule has 0 spiro atoms. The first-order chi connectivity index (χ1) is 10.5. The first kappa shape index (κ1) is 15.6. The number of nitrogens with two attached hydrogens (primary N) is 1. The van der Waals surface area contributed by atoms with Gasteiger partial charge >= 0.3 is 0 Å². The fourth-order valence-electron chi connectivity index (χ4n) is 2.18. The van der Waals surface area contributed by atoms with E-state index in [2.05, 4.69) is 48.5 Å². The van der Waals surface area contributed by atoms with E-state index in [1.807, 2.05) is 31.6 Å². The summed E-state index contributed by atoms with van der Waals surface area (Å²) in [5.41, 5.74) is 7.82. The Labute approximate surface area is 146 Å². The van der Waals surface area contributed by atoms with Crippen molar-refractivity contribution in [1.29, 1.82) is 0 Å². The third-order valence-electron chi connectivity index (χ3n) is 3.46. The van der Waals surface area contributed by atoms with Crippen molar-refractivity contribution >= 4 is 57.0 Å². The van der Waals surface area contributed by atoms with E-state index in [1.54, 1.807) is 0 Å².